The molecule has 0 aliphatic heterocycles. The van der Waals surface area contributed by atoms with Gasteiger partial charge in [0.2, 0.25) is 5.91 Å². The molecule has 0 fully saturated rings. The number of hydrogen-bond donors (Lipinski definition) is 1. The van der Waals surface area contributed by atoms with Crippen molar-refractivity contribution in [1.29, 1.82) is 0 Å². The topological polar surface area (TPSA) is 58.6 Å². The molecule has 2 amide bonds. The summed E-state index contributed by atoms with van der Waals surface area (Å²) in [6.45, 7) is 6.29. The molecular weight excluding hydrogens is 456 g/mol. The molecule has 0 aliphatic rings. The number of nitrogens with one attached hydrogen (secondary N) is 1. The van der Waals surface area contributed by atoms with Gasteiger partial charge in [-0.3, -0.25) is 9.59 Å². The van der Waals surface area contributed by atoms with Crippen molar-refractivity contribution in [2.75, 3.05) is 13.2 Å². The maximum Gasteiger partial charge on any atom is 0.261 e. The molecule has 1 atom stereocenters. The quantitative estimate of drug-likeness (QED) is 0.499. The van der Waals surface area contributed by atoms with E-state index in [4.69, 9.17) is 4.74 Å². The fraction of sp³-hybridized carbons (Fsp3) is 0.280. The van der Waals surface area contributed by atoms with Crippen LogP contribution >= 0.6 is 15.9 Å². The van der Waals surface area contributed by atoms with E-state index in [9.17, 15) is 9.59 Å². The van der Waals surface area contributed by atoms with Crippen LogP contribution in [0, 0.1) is 6.92 Å². The highest BCUT2D eigenvalue weighted by atomic mass is 79.9. The van der Waals surface area contributed by atoms with E-state index in [2.05, 4.69) is 21.2 Å². The largest absolute Gasteiger partial charge is 0.483 e. The van der Waals surface area contributed by atoms with Gasteiger partial charge in [0.05, 0.1) is 4.47 Å². The van der Waals surface area contributed by atoms with E-state index in [1.165, 1.54) is 0 Å². The second-order valence-electron chi connectivity index (χ2n) is 7.41. The fourth-order valence-electron chi connectivity index (χ4n) is 3.42. The molecular formula is C25H27BrN2O3. The third kappa shape index (κ3) is 5.44. The smallest absolute Gasteiger partial charge is 0.261 e. The van der Waals surface area contributed by atoms with Gasteiger partial charge in [-0.2, -0.15) is 0 Å². The average molecular weight is 483 g/mol. The van der Waals surface area contributed by atoms with Gasteiger partial charge in [0, 0.05) is 13.1 Å². The second kappa shape index (κ2) is 10.4. The number of rotatable bonds is 8. The molecule has 162 valence electrons. The van der Waals surface area contributed by atoms with Crippen LogP contribution in [0.15, 0.2) is 65.1 Å². The fourth-order valence-corrected chi connectivity index (χ4v) is 4.03. The van der Waals surface area contributed by atoms with Crippen LogP contribution < -0.4 is 10.1 Å². The Kier molecular flexibility index (Phi) is 7.69. The van der Waals surface area contributed by atoms with Gasteiger partial charge in [0.1, 0.15) is 11.8 Å². The Bertz CT molecular complexity index is 1080. The highest BCUT2D eigenvalue weighted by molar-refractivity contribution is 9.10. The third-order valence-corrected chi connectivity index (χ3v) is 6.12. The summed E-state index contributed by atoms with van der Waals surface area (Å²) in [6, 6.07) is 19.0. The van der Waals surface area contributed by atoms with Crippen molar-refractivity contribution in [3.05, 3.63) is 76.3 Å². The molecule has 0 radical (unpaired) electrons. The first-order valence-electron chi connectivity index (χ1n) is 10.3. The number of hydrogen-bond acceptors (Lipinski definition) is 3. The molecule has 0 bridgehead atoms. The number of carbonyl (C=O) groups excluding carboxylic acids is 2. The van der Waals surface area contributed by atoms with Gasteiger partial charge in [0.15, 0.2) is 6.61 Å². The summed E-state index contributed by atoms with van der Waals surface area (Å²) in [7, 11) is 0. The van der Waals surface area contributed by atoms with Gasteiger partial charge >= 0.3 is 0 Å². The summed E-state index contributed by atoms with van der Waals surface area (Å²) >= 11 is 3.59. The Hall–Kier alpha value is -2.86. The molecule has 0 aromatic heterocycles. The summed E-state index contributed by atoms with van der Waals surface area (Å²) in [5.74, 6) is 0.159. The summed E-state index contributed by atoms with van der Waals surface area (Å²) in [4.78, 5) is 27.2. The number of ether oxygens (including phenoxy) is 1. The van der Waals surface area contributed by atoms with E-state index in [-0.39, 0.29) is 18.4 Å². The van der Waals surface area contributed by atoms with Gasteiger partial charge in [0.25, 0.3) is 5.91 Å². The number of aryl methyl sites for hydroxylation is 1. The maximum atomic E-state index is 13.2. The predicted octanol–water partition coefficient (Wildman–Crippen LogP) is 4.84. The van der Waals surface area contributed by atoms with E-state index < -0.39 is 6.04 Å². The summed E-state index contributed by atoms with van der Waals surface area (Å²) in [6.07, 6.45) is 0. The average Bonchev–Trinajstić information content (AvgIpc) is 2.78. The molecule has 6 heteroatoms. The summed E-state index contributed by atoms with van der Waals surface area (Å²) in [5.41, 5.74) is 2.07. The molecule has 3 aromatic rings. The summed E-state index contributed by atoms with van der Waals surface area (Å²) in [5, 5.41) is 4.90. The summed E-state index contributed by atoms with van der Waals surface area (Å²) < 4.78 is 6.68. The predicted molar refractivity (Wildman–Crippen MR) is 127 cm³/mol. The van der Waals surface area contributed by atoms with Crippen LogP contribution in [0.3, 0.4) is 0 Å². The van der Waals surface area contributed by atoms with E-state index >= 15 is 0 Å². The van der Waals surface area contributed by atoms with E-state index in [0.29, 0.717) is 18.8 Å². The van der Waals surface area contributed by atoms with Crippen LogP contribution in [0.2, 0.25) is 0 Å². The Labute approximate surface area is 191 Å². The SMILES string of the molecule is CCNC(=O)[C@@H](C)N(Cc1ccccc1C)C(=O)COc1ccc2ccccc2c1Br. The lowest BCUT2D eigenvalue weighted by atomic mass is 10.1. The zero-order chi connectivity index (χ0) is 22.4. The van der Waals surface area contributed by atoms with Gasteiger partial charge in [-0.05, 0) is 64.7 Å². The highest BCUT2D eigenvalue weighted by Crippen LogP contribution is 2.33. The van der Waals surface area contributed by atoms with Crippen molar-refractivity contribution >= 4 is 38.5 Å². The molecule has 1 N–H and O–H groups in total. The Morgan fingerprint density at radius 1 is 1.06 bits per heavy atom. The first-order valence-corrected chi connectivity index (χ1v) is 11.1. The third-order valence-electron chi connectivity index (χ3n) is 5.30. The van der Waals surface area contributed by atoms with Crippen LogP contribution in [0.1, 0.15) is 25.0 Å². The normalized spacial score (nSPS) is 11.7. The maximum absolute atomic E-state index is 13.2. The lowest BCUT2D eigenvalue weighted by Gasteiger charge is -2.29. The number of halogens is 1. The first kappa shape index (κ1) is 22.8. The zero-order valence-electron chi connectivity index (χ0n) is 18.0. The minimum absolute atomic E-state index is 0.160. The lowest BCUT2D eigenvalue weighted by molar-refractivity contribution is -0.142. The molecule has 3 aromatic carbocycles. The van der Waals surface area contributed by atoms with Crippen LogP contribution in [0.5, 0.6) is 5.75 Å². The van der Waals surface area contributed by atoms with E-state index in [0.717, 1.165) is 26.4 Å². The van der Waals surface area contributed by atoms with Crippen molar-refractivity contribution in [1.82, 2.24) is 10.2 Å². The van der Waals surface area contributed by atoms with Crippen molar-refractivity contribution in [3.63, 3.8) is 0 Å². The van der Waals surface area contributed by atoms with Gasteiger partial charge < -0.3 is 15.0 Å². The Morgan fingerprint density at radius 3 is 2.52 bits per heavy atom. The number of amides is 2. The van der Waals surface area contributed by atoms with Crippen LogP contribution in [-0.4, -0.2) is 35.9 Å². The molecule has 0 spiro atoms. The Balaban J connectivity index is 1.80. The van der Waals surface area contributed by atoms with Gasteiger partial charge in [-0.25, -0.2) is 0 Å². The van der Waals surface area contributed by atoms with Crippen molar-refractivity contribution in [2.45, 2.75) is 33.4 Å². The van der Waals surface area contributed by atoms with Crippen molar-refractivity contribution < 1.29 is 14.3 Å². The monoisotopic (exact) mass is 482 g/mol. The minimum atomic E-state index is -0.615. The molecule has 0 heterocycles. The number of fused-ring (bicyclic) bond motifs is 1. The minimum Gasteiger partial charge on any atom is -0.483 e. The van der Waals surface area contributed by atoms with Crippen LogP contribution in [0.25, 0.3) is 10.8 Å². The molecule has 31 heavy (non-hydrogen) atoms. The zero-order valence-corrected chi connectivity index (χ0v) is 19.6. The molecule has 0 saturated heterocycles. The van der Waals surface area contributed by atoms with Crippen LogP contribution in [-0.2, 0) is 16.1 Å². The lowest BCUT2D eigenvalue weighted by Crippen LogP contribution is -2.49. The van der Waals surface area contributed by atoms with Gasteiger partial charge in [-0.1, -0.05) is 54.6 Å². The molecule has 0 saturated carbocycles. The van der Waals surface area contributed by atoms with Gasteiger partial charge in [-0.15, -0.1) is 0 Å². The molecule has 0 unspecified atom stereocenters. The number of likely N-dealkylation sites (N-methyl/N-ethyl adjacent to an activating group) is 1. The number of benzene rings is 3. The first-order chi connectivity index (χ1) is 14.9. The Morgan fingerprint density at radius 2 is 1.77 bits per heavy atom. The van der Waals surface area contributed by atoms with Crippen LogP contribution in [0.4, 0.5) is 0 Å². The number of nitrogens with zero attached hydrogens (tertiary/aromatic N) is 1. The molecule has 5 nitrogen and oxygen atoms in total. The molecule has 3 rings (SSSR count). The second-order valence-corrected chi connectivity index (χ2v) is 8.20. The van der Waals surface area contributed by atoms with Crippen molar-refractivity contribution in [2.24, 2.45) is 0 Å². The highest BCUT2D eigenvalue weighted by Gasteiger charge is 2.26. The van der Waals surface area contributed by atoms with E-state index in [1.807, 2.05) is 74.5 Å². The standard InChI is InChI=1S/C25H27BrN2O3/c1-4-27-25(30)18(3)28(15-20-11-6-5-9-17(20)2)23(29)16-31-22-14-13-19-10-7-8-12-21(19)24(22)26/h5-14,18H,4,15-16H2,1-3H3,(H,27,30)/t18-/m1/s1. The number of carbonyl (C=O) groups is 2. The van der Waals surface area contributed by atoms with Crippen molar-refractivity contribution in [3.8, 4) is 5.75 Å². The van der Waals surface area contributed by atoms with E-state index in [1.54, 1.807) is 11.8 Å². The molecule has 0 aliphatic carbocycles.